The molecule has 0 aromatic carbocycles. The number of fused-ring (bicyclic) bond motifs is 1. The summed E-state index contributed by atoms with van der Waals surface area (Å²) in [5.41, 5.74) is 6.40. The molecule has 1 aliphatic rings. The minimum atomic E-state index is -0.570. The quantitative estimate of drug-likeness (QED) is 0.776. The van der Waals surface area contributed by atoms with Crippen molar-refractivity contribution in [2.24, 2.45) is 5.18 Å². The predicted molar refractivity (Wildman–Crippen MR) is 67.1 cm³/mol. The fraction of sp³-hybridized carbons (Fsp3) is 0.455. The highest BCUT2D eigenvalue weighted by atomic mass is 16.5. The zero-order chi connectivity index (χ0) is 13.4. The smallest absolute Gasteiger partial charge is 0.147 e. The van der Waals surface area contributed by atoms with Crippen LogP contribution in [0.1, 0.15) is 12.6 Å². The van der Waals surface area contributed by atoms with E-state index in [0.717, 1.165) is 5.39 Å². The van der Waals surface area contributed by atoms with Crippen LogP contribution in [0.25, 0.3) is 11.0 Å². The highest BCUT2D eigenvalue weighted by molar-refractivity contribution is 5.86. The SMILES string of the molecule is Nc1ncnc2c1ccn2[C@H]1CC(N=O)[C@@H](CO)O1. The molecule has 3 atom stereocenters. The molecule has 8 nitrogen and oxygen atoms in total. The van der Waals surface area contributed by atoms with Gasteiger partial charge in [-0.05, 0) is 6.07 Å². The zero-order valence-corrected chi connectivity index (χ0v) is 10.0. The summed E-state index contributed by atoms with van der Waals surface area (Å²) < 4.78 is 7.40. The predicted octanol–water partition coefficient (Wildman–Crippen LogP) is 0.428. The van der Waals surface area contributed by atoms with Gasteiger partial charge in [-0.25, -0.2) is 9.97 Å². The van der Waals surface area contributed by atoms with Crippen LogP contribution in [0.15, 0.2) is 23.8 Å². The largest absolute Gasteiger partial charge is 0.394 e. The zero-order valence-electron chi connectivity index (χ0n) is 10.0. The molecule has 100 valence electrons. The van der Waals surface area contributed by atoms with Gasteiger partial charge in [0, 0.05) is 12.6 Å². The van der Waals surface area contributed by atoms with Crippen LogP contribution in [0.4, 0.5) is 5.82 Å². The molecule has 1 unspecified atom stereocenters. The maximum absolute atomic E-state index is 10.7. The first kappa shape index (κ1) is 12.0. The van der Waals surface area contributed by atoms with E-state index in [1.54, 1.807) is 16.8 Å². The molecule has 0 saturated carbocycles. The van der Waals surface area contributed by atoms with Crippen molar-refractivity contribution in [1.82, 2.24) is 14.5 Å². The van der Waals surface area contributed by atoms with Crippen molar-refractivity contribution in [3.63, 3.8) is 0 Å². The van der Waals surface area contributed by atoms with Crippen molar-refractivity contribution in [3.8, 4) is 0 Å². The first-order valence-electron chi connectivity index (χ1n) is 5.90. The number of aromatic nitrogens is 3. The van der Waals surface area contributed by atoms with Gasteiger partial charge in [-0.1, -0.05) is 5.18 Å². The van der Waals surface area contributed by atoms with Crippen molar-refractivity contribution >= 4 is 16.9 Å². The maximum Gasteiger partial charge on any atom is 0.147 e. The minimum Gasteiger partial charge on any atom is -0.394 e. The highest BCUT2D eigenvalue weighted by Crippen LogP contribution is 2.33. The Morgan fingerprint density at radius 1 is 1.58 bits per heavy atom. The van der Waals surface area contributed by atoms with E-state index in [1.807, 2.05) is 0 Å². The molecular formula is C11H13N5O3. The standard InChI is InChI=1S/C11H13N5O3/c12-10-6-1-2-16(11(6)14-5-13-10)9-3-7(15-18)8(4-17)19-9/h1-2,5,7-9,17H,3-4H2,(H2,12,13,14)/t7?,8-,9-/m1/s1. The van der Waals surface area contributed by atoms with Crippen LogP contribution in [0.3, 0.4) is 0 Å². The maximum atomic E-state index is 10.7. The van der Waals surface area contributed by atoms with Crippen LogP contribution >= 0.6 is 0 Å². The third-order valence-corrected chi connectivity index (χ3v) is 3.37. The van der Waals surface area contributed by atoms with E-state index in [-0.39, 0.29) is 12.8 Å². The average Bonchev–Trinajstić information content (AvgIpc) is 3.02. The molecule has 3 rings (SSSR count). The van der Waals surface area contributed by atoms with Crippen LogP contribution in [0.2, 0.25) is 0 Å². The van der Waals surface area contributed by atoms with Crippen LogP contribution in [-0.2, 0) is 4.74 Å². The monoisotopic (exact) mass is 263 g/mol. The number of nitrogen functional groups attached to an aromatic ring is 1. The Bertz CT molecular complexity index is 613. The van der Waals surface area contributed by atoms with Gasteiger partial charge in [0.25, 0.3) is 0 Å². The lowest BCUT2D eigenvalue weighted by Crippen LogP contribution is -2.22. The van der Waals surface area contributed by atoms with Crippen molar-refractivity contribution in [2.75, 3.05) is 12.3 Å². The summed E-state index contributed by atoms with van der Waals surface area (Å²) >= 11 is 0. The Morgan fingerprint density at radius 3 is 3.11 bits per heavy atom. The average molecular weight is 263 g/mol. The molecule has 1 aliphatic heterocycles. The molecule has 2 aromatic heterocycles. The van der Waals surface area contributed by atoms with Gasteiger partial charge in [0.1, 0.15) is 36.2 Å². The molecule has 2 aromatic rings. The molecule has 3 heterocycles. The van der Waals surface area contributed by atoms with Gasteiger partial charge >= 0.3 is 0 Å². The first-order valence-corrected chi connectivity index (χ1v) is 5.90. The van der Waals surface area contributed by atoms with Crippen LogP contribution < -0.4 is 5.73 Å². The fourth-order valence-electron chi connectivity index (χ4n) is 2.38. The van der Waals surface area contributed by atoms with Gasteiger partial charge in [0.15, 0.2) is 0 Å². The number of nitrogens with zero attached hydrogens (tertiary/aromatic N) is 4. The molecule has 19 heavy (non-hydrogen) atoms. The topological polar surface area (TPSA) is 116 Å². The lowest BCUT2D eigenvalue weighted by atomic mass is 10.1. The van der Waals surface area contributed by atoms with Crippen molar-refractivity contribution in [1.29, 1.82) is 0 Å². The third kappa shape index (κ3) is 1.85. The normalized spacial score (nSPS) is 26.9. The van der Waals surface area contributed by atoms with Crippen molar-refractivity contribution in [2.45, 2.75) is 24.8 Å². The first-order chi connectivity index (χ1) is 9.24. The Labute approximate surface area is 108 Å². The van der Waals surface area contributed by atoms with Crippen LogP contribution in [-0.4, -0.2) is 38.4 Å². The second-order valence-electron chi connectivity index (χ2n) is 4.44. The number of nitroso groups, excluding NO2 is 1. The van der Waals surface area contributed by atoms with Crippen molar-refractivity contribution < 1.29 is 9.84 Å². The Hall–Kier alpha value is -2.06. The number of aliphatic hydroxyl groups excluding tert-OH is 1. The summed E-state index contributed by atoms with van der Waals surface area (Å²) in [6, 6.07) is 1.25. The fourth-order valence-corrected chi connectivity index (χ4v) is 2.38. The van der Waals surface area contributed by atoms with E-state index in [2.05, 4.69) is 15.1 Å². The summed E-state index contributed by atoms with van der Waals surface area (Å²) in [4.78, 5) is 18.8. The molecule has 8 heteroatoms. The van der Waals surface area contributed by atoms with Gasteiger partial charge in [0.2, 0.25) is 0 Å². The number of ether oxygens (including phenoxy) is 1. The van der Waals surface area contributed by atoms with Gasteiger partial charge in [-0.2, -0.15) is 4.91 Å². The molecule has 0 aliphatic carbocycles. The molecule has 0 radical (unpaired) electrons. The Kier molecular flexibility index (Phi) is 2.88. The Balaban J connectivity index is 1.98. The molecule has 0 amide bonds. The van der Waals surface area contributed by atoms with E-state index < -0.39 is 12.1 Å². The lowest BCUT2D eigenvalue weighted by Gasteiger charge is -2.14. The van der Waals surface area contributed by atoms with Crippen LogP contribution in [0.5, 0.6) is 0 Å². The summed E-state index contributed by atoms with van der Waals surface area (Å²) in [5.74, 6) is 0.394. The second-order valence-corrected chi connectivity index (χ2v) is 4.44. The second kappa shape index (κ2) is 4.56. The summed E-state index contributed by atoms with van der Waals surface area (Å²) in [6.07, 6.45) is 2.61. The van der Waals surface area contributed by atoms with Gasteiger partial charge < -0.3 is 20.1 Å². The van der Waals surface area contributed by atoms with Gasteiger partial charge in [-0.15, -0.1) is 0 Å². The van der Waals surface area contributed by atoms with E-state index in [4.69, 9.17) is 15.6 Å². The van der Waals surface area contributed by atoms with Gasteiger partial charge in [-0.3, -0.25) is 0 Å². The number of hydrogen-bond acceptors (Lipinski definition) is 7. The van der Waals surface area contributed by atoms with E-state index in [1.165, 1.54) is 6.33 Å². The summed E-state index contributed by atoms with van der Waals surface area (Å²) in [7, 11) is 0. The number of anilines is 1. The van der Waals surface area contributed by atoms with Gasteiger partial charge in [0.05, 0.1) is 12.0 Å². The molecule has 1 saturated heterocycles. The molecule has 0 bridgehead atoms. The highest BCUT2D eigenvalue weighted by Gasteiger charge is 2.37. The van der Waals surface area contributed by atoms with Crippen molar-refractivity contribution in [3.05, 3.63) is 23.5 Å². The lowest BCUT2D eigenvalue weighted by molar-refractivity contribution is -0.0230. The Morgan fingerprint density at radius 2 is 2.42 bits per heavy atom. The number of aliphatic hydroxyl groups is 1. The molecule has 1 fully saturated rings. The summed E-state index contributed by atoms with van der Waals surface area (Å²) in [6.45, 7) is -0.233. The van der Waals surface area contributed by atoms with E-state index in [9.17, 15) is 4.91 Å². The minimum absolute atomic E-state index is 0.233. The number of hydrogen-bond donors (Lipinski definition) is 2. The number of nitrogens with two attached hydrogens (primary N) is 1. The molecular weight excluding hydrogens is 250 g/mol. The van der Waals surface area contributed by atoms with E-state index in [0.29, 0.717) is 17.9 Å². The third-order valence-electron chi connectivity index (χ3n) is 3.37. The van der Waals surface area contributed by atoms with E-state index >= 15 is 0 Å². The van der Waals surface area contributed by atoms with Crippen LogP contribution in [0, 0.1) is 4.91 Å². The number of rotatable bonds is 3. The molecule has 3 N–H and O–H groups in total. The summed E-state index contributed by atoms with van der Waals surface area (Å²) in [5, 5.41) is 12.9. The molecule has 0 spiro atoms.